The number of hydrogen-bond acceptors (Lipinski definition) is 3. The topological polar surface area (TPSA) is 29.5 Å². The lowest BCUT2D eigenvalue weighted by Gasteiger charge is -2.28. The Bertz CT molecular complexity index is 893. The summed E-state index contributed by atoms with van der Waals surface area (Å²) in [4.78, 5) is 15.6. The molecular formula is C20H17NO2S. The molecule has 0 atom stereocenters. The first-order valence-electron chi connectivity index (χ1n) is 7.95. The highest BCUT2D eigenvalue weighted by atomic mass is 32.2. The second-order valence-electron chi connectivity index (χ2n) is 5.66. The third-order valence-electron chi connectivity index (χ3n) is 4.11. The molecule has 3 nitrogen and oxygen atoms in total. The molecule has 0 aromatic heterocycles. The van der Waals surface area contributed by atoms with Gasteiger partial charge >= 0.3 is 0 Å². The molecule has 0 fully saturated rings. The van der Waals surface area contributed by atoms with E-state index in [1.807, 2.05) is 59.5 Å². The number of carbonyl (C=O) groups excluding carboxylic acids is 1. The Morgan fingerprint density at radius 2 is 1.79 bits per heavy atom. The summed E-state index contributed by atoms with van der Waals surface area (Å²) in [6.45, 7) is 0.777. The molecule has 1 aliphatic heterocycles. The summed E-state index contributed by atoms with van der Waals surface area (Å²) in [5.41, 5.74) is 0.987. The number of rotatable bonds is 3. The number of thioether (sulfide) groups is 1. The van der Waals surface area contributed by atoms with Gasteiger partial charge in [-0.15, -0.1) is 11.8 Å². The van der Waals surface area contributed by atoms with E-state index in [2.05, 4.69) is 12.1 Å². The summed E-state index contributed by atoms with van der Waals surface area (Å²) in [6, 6.07) is 22.0. The Kier molecular flexibility index (Phi) is 4.13. The largest absolute Gasteiger partial charge is 0.484 e. The van der Waals surface area contributed by atoms with Crippen LogP contribution in [0.25, 0.3) is 10.8 Å². The third-order valence-corrected chi connectivity index (χ3v) is 5.16. The third kappa shape index (κ3) is 2.97. The number of para-hydroxylation sites is 1. The first kappa shape index (κ1) is 15.1. The van der Waals surface area contributed by atoms with Crippen LogP contribution in [0.5, 0.6) is 5.75 Å². The van der Waals surface area contributed by atoms with Gasteiger partial charge in [-0.1, -0.05) is 42.5 Å². The van der Waals surface area contributed by atoms with Gasteiger partial charge < -0.3 is 9.64 Å². The van der Waals surface area contributed by atoms with E-state index in [9.17, 15) is 4.79 Å². The smallest absolute Gasteiger partial charge is 0.264 e. The molecule has 3 aromatic carbocycles. The van der Waals surface area contributed by atoms with Crippen LogP contribution in [0.2, 0.25) is 0 Å². The Labute approximate surface area is 145 Å². The summed E-state index contributed by atoms with van der Waals surface area (Å²) in [6.07, 6.45) is 0. The number of amides is 1. The fourth-order valence-electron chi connectivity index (χ4n) is 2.91. The molecule has 120 valence electrons. The maximum Gasteiger partial charge on any atom is 0.264 e. The molecular weight excluding hydrogens is 318 g/mol. The van der Waals surface area contributed by atoms with Crippen molar-refractivity contribution in [2.75, 3.05) is 23.8 Å². The van der Waals surface area contributed by atoms with Crippen molar-refractivity contribution in [2.45, 2.75) is 4.90 Å². The van der Waals surface area contributed by atoms with E-state index in [-0.39, 0.29) is 12.5 Å². The van der Waals surface area contributed by atoms with E-state index in [1.54, 1.807) is 11.8 Å². The van der Waals surface area contributed by atoms with Gasteiger partial charge in [0.05, 0.1) is 5.69 Å². The Hall–Kier alpha value is -2.46. The average Bonchev–Trinajstić information content (AvgIpc) is 2.65. The fraction of sp³-hybridized carbons (Fsp3) is 0.150. The van der Waals surface area contributed by atoms with Gasteiger partial charge in [0.1, 0.15) is 5.75 Å². The Morgan fingerprint density at radius 1 is 1.00 bits per heavy atom. The molecule has 1 amide bonds. The highest BCUT2D eigenvalue weighted by Crippen LogP contribution is 2.34. The summed E-state index contributed by atoms with van der Waals surface area (Å²) in [5.74, 6) is 1.64. The summed E-state index contributed by atoms with van der Waals surface area (Å²) in [5, 5.41) is 2.28. The number of carbonyl (C=O) groups is 1. The van der Waals surface area contributed by atoms with Crippen LogP contribution in [0.1, 0.15) is 0 Å². The van der Waals surface area contributed by atoms with Gasteiger partial charge in [0.25, 0.3) is 5.91 Å². The quantitative estimate of drug-likeness (QED) is 0.712. The first-order valence-corrected chi connectivity index (χ1v) is 8.94. The molecule has 0 aliphatic carbocycles. The van der Waals surface area contributed by atoms with Crippen molar-refractivity contribution in [3.05, 3.63) is 66.7 Å². The minimum absolute atomic E-state index is 0.00379. The lowest BCUT2D eigenvalue weighted by molar-refractivity contribution is -0.120. The lowest BCUT2D eigenvalue weighted by Crippen LogP contribution is -2.38. The molecule has 0 unspecified atom stereocenters. The number of ether oxygens (including phenoxy) is 1. The van der Waals surface area contributed by atoms with Gasteiger partial charge in [-0.2, -0.15) is 0 Å². The molecule has 0 bridgehead atoms. The zero-order chi connectivity index (χ0) is 16.4. The normalized spacial score (nSPS) is 13.6. The van der Waals surface area contributed by atoms with Crippen molar-refractivity contribution in [3.63, 3.8) is 0 Å². The van der Waals surface area contributed by atoms with E-state index >= 15 is 0 Å². The van der Waals surface area contributed by atoms with Crippen molar-refractivity contribution in [3.8, 4) is 5.75 Å². The molecule has 0 radical (unpaired) electrons. The maximum atomic E-state index is 12.6. The van der Waals surface area contributed by atoms with E-state index in [0.717, 1.165) is 39.4 Å². The fourth-order valence-corrected chi connectivity index (χ4v) is 3.90. The van der Waals surface area contributed by atoms with Gasteiger partial charge in [0.2, 0.25) is 0 Å². The van der Waals surface area contributed by atoms with Crippen molar-refractivity contribution < 1.29 is 9.53 Å². The number of hydrogen-bond donors (Lipinski definition) is 0. The van der Waals surface area contributed by atoms with Gasteiger partial charge in [-0.05, 0) is 35.0 Å². The SMILES string of the molecule is O=C(COc1ccc2ccccc2c1)N1CCSc2ccccc21. The average molecular weight is 335 g/mol. The Balaban J connectivity index is 1.48. The molecule has 0 N–H and O–H groups in total. The first-order chi connectivity index (χ1) is 11.8. The summed E-state index contributed by atoms with van der Waals surface area (Å²) >= 11 is 1.79. The van der Waals surface area contributed by atoms with Crippen LogP contribution in [0, 0.1) is 0 Å². The second-order valence-corrected chi connectivity index (χ2v) is 6.80. The van der Waals surface area contributed by atoms with Gasteiger partial charge in [-0.25, -0.2) is 0 Å². The number of benzene rings is 3. The molecule has 0 saturated carbocycles. The molecule has 1 aliphatic rings. The summed E-state index contributed by atoms with van der Waals surface area (Å²) in [7, 11) is 0. The maximum absolute atomic E-state index is 12.6. The van der Waals surface area contributed by atoms with Crippen molar-refractivity contribution in [2.24, 2.45) is 0 Å². The molecule has 3 aromatic rings. The standard InChI is InChI=1S/C20H17NO2S/c22-20(21-11-12-24-19-8-4-3-7-18(19)21)14-23-17-10-9-15-5-1-2-6-16(15)13-17/h1-10,13H,11-12,14H2. The van der Waals surface area contributed by atoms with Crippen molar-refractivity contribution in [1.82, 2.24) is 0 Å². The predicted molar refractivity (Wildman–Crippen MR) is 99.0 cm³/mol. The van der Waals surface area contributed by atoms with E-state index in [0.29, 0.717) is 0 Å². The minimum Gasteiger partial charge on any atom is -0.484 e. The Morgan fingerprint density at radius 3 is 2.71 bits per heavy atom. The molecule has 4 rings (SSSR count). The van der Waals surface area contributed by atoms with E-state index < -0.39 is 0 Å². The van der Waals surface area contributed by atoms with Crippen LogP contribution < -0.4 is 9.64 Å². The van der Waals surface area contributed by atoms with Gasteiger partial charge in [0, 0.05) is 17.2 Å². The van der Waals surface area contributed by atoms with Crippen molar-refractivity contribution >= 4 is 34.1 Å². The highest BCUT2D eigenvalue weighted by Gasteiger charge is 2.22. The predicted octanol–water partition coefficient (Wildman–Crippen LogP) is 4.36. The lowest BCUT2D eigenvalue weighted by atomic mass is 10.1. The molecule has 4 heteroatoms. The van der Waals surface area contributed by atoms with Crippen LogP contribution in [-0.2, 0) is 4.79 Å². The monoisotopic (exact) mass is 335 g/mol. The van der Waals surface area contributed by atoms with Crippen LogP contribution in [-0.4, -0.2) is 24.8 Å². The molecule has 24 heavy (non-hydrogen) atoms. The molecule has 0 spiro atoms. The molecule has 0 saturated heterocycles. The van der Waals surface area contributed by atoms with Gasteiger partial charge in [0.15, 0.2) is 6.61 Å². The number of nitrogens with zero attached hydrogens (tertiary/aromatic N) is 1. The zero-order valence-corrected chi connectivity index (χ0v) is 14.0. The van der Waals surface area contributed by atoms with Crippen LogP contribution >= 0.6 is 11.8 Å². The van der Waals surface area contributed by atoms with E-state index in [1.165, 1.54) is 0 Å². The van der Waals surface area contributed by atoms with Crippen LogP contribution in [0.15, 0.2) is 71.6 Å². The minimum atomic E-state index is -0.00379. The van der Waals surface area contributed by atoms with Crippen LogP contribution in [0.3, 0.4) is 0 Å². The zero-order valence-electron chi connectivity index (χ0n) is 13.1. The number of fused-ring (bicyclic) bond motifs is 2. The van der Waals surface area contributed by atoms with Crippen molar-refractivity contribution in [1.29, 1.82) is 0 Å². The van der Waals surface area contributed by atoms with Gasteiger partial charge in [-0.3, -0.25) is 4.79 Å². The number of anilines is 1. The highest BCUT2D eigenvalue weighted by molar-refractivity contribution is 7.99. The van der Waals surface area contributed by atoms with Crippen LogP contribution in [0.4, 0.5) is 5.69 Å². The molecule has 1 heterocycles. The van der Waals surface area contributed by atoms with E-state index in [4.69, 9.17) is 4.74 Å². The summed E-state index contributed by atoms with van der Waals surface area (Å²) < 4.78 is 5.75. The second kappa shape index (κ2) is 6.57.